The van der Waals surface area contributed by atoms with E-state index in [-0.39, 0.29) is 17.9 Å². The van der Waals surface area contributed by atoms with E-state index in [1.165, 1.54) is 40.2 Å². The van der Waals surface area contributed by atoms with E-state index in [2.05, 4.69) is 26.2 Å². The van der Waals surface area contributed by atoms with Crippen molar-refractivity contribution in [3.05, 3.63) is 83.1 Å². The zero-order chi connectivity index (χ0) is 32.1. The Morgan fingerprint density at radius 1 is 1.11 bits per heavy atom. The fourth-order valence-electron chi connectivity index (χ4n) is 4.87. The van der Waals surface area contributed by atoms with Crippen LogP contribution >= 0.6 is 23.5 Å². The molecule has 5 amide bonds. The summed E-state index contributed by atoms with van der Waals surface area (Å²) in [7, 11) is 3.00. The third-order valence-corrected chi connectivity index (χ3v) is 9.75. The zero-order valence-corrected chi connectivity index (χ0v) is 26.0. The molecule has 0 saturated carbocycles. The van der Waals surface area contributed by atoms with Gasteiger partial charge in [0, 0.05) is 32.0 Å². The fraction of sp³-hybridized carbons (Fsp3) is 0.310. The van der Waals surface area contributed by atoms with Crippen LogP contribution in [0, 0.1) is 0 Å². The largest absolute Gasteiger partial charge is 0.477 e. The van der Waals surface area contributed by atoms with Crippen LogP contribution in [0.15, 0.2) is 77.1 Å². The van der Waals surface area contributed by atoms with Crippen LogP contribution in [0.4, 0.5) is 4.79 Å². The average Bonchev–Trinajstić information content (AvgIpc) is 3.47. The molecule has 2 aliphatic rings. The lowest BCUT2D eigenvalue weighted by atomic mass is 10.0. The molecule has 0 aliphatic carbocycles. The predicted octanol–water partition coefficient (Wildman–Crippen LogP) is 1.58. The minimum atomic E-state index is -1.25. The van der Waals surface area contributed by atoms with Crippen molar-refractivity contribution in [2.24, 2.45) is 7.05 Å². The topological polar surface area (TPSA) is 180 Å². The smallest absolute Gasteiger partial charge is 0.352 e. The van der Waals surface area contributed by atoms with E-state index in [1.807, 2.05) is 30.3 Å². The van der Waals surface area contributed by atoms with Crippen LogP contribution in [0.25, 0.3) is 0 Å². The number of aryl methyl sites for hydroxylation is 2. The monoisotopic (exact) mass is 650 g/mol. The van der Waals surface area contributed by atoms with Crippen LogP contribution in [0.1, 0.15) is 23.6 Å². The molecule has 3 aromatic rings. The summed E-state index contributed by atoms with van der Waals surface area (Å²) in [5.74, 6) is -2.35. The van der Waals surface area contributed by atoms with Crippen molar-refractivity contribution < 1.29 is 29.1 Å². The average molecular weight is 651 g/mol. The lowest BCUT2D eigenvalue weighted by molar-refractivity contribution is -0.151. The van der Waals surface area contributed by atoms with Gasteiger partial charge >= 0.3 is 12.0 Å². The molecular formula is C29H30N8O6S2. The minimum absolute atomic E-state index is 0.0941. The molecule has 2 aromatic carbocycles. The van der Waals surface area contributed by atoms with E-state index >= 15 is 0 Å². The summed E-state index contributed by atoms with van der Waals surface area (Å²) >= 11 is 2.58. The Morgan fingerprint density at radius 2 is 1.80 bits per heavy atom. The molecule has 5 rings (SSSR count). The highest BCUT2D eigenvalue weighted by molar-refractivity contribution is 8.01. The second kappa shape index (κ2) is 13.9. The van der Waals surface area contributed by atoms with Crippen molar-refractivity contribution in [1.82, 2.24) is 40.6 Å². The molecule has 45 heavy (non-hydrogen) atoms. The lowest BCUT2D eigenvalue weighted by Crippen LogP contribution is -2.71. The van der Waals surface area contributed by atoms with Gasteiger partial charge in [-0.05, 0) is 33.5 Å². The molecule has 3 N–H and O–H groups in total. The Balaban J connectivity index is 1.25. The molecule has 16 heteroatoms. The molecular weight excluding hydrogens is 621 g/mol. The van der Waals surface area contributed by atoms with E-state index in [4.69, 9.17) is 0 Å². The summed E-state index contributed by atoms with van der Waals surface area (Å²) in [6, 6.07) is 14.8. The van der Waals surface area contributed by atoms with Gasteiger partial charge in [0.2, 0.25) is 17.0 Å². The number of rotatable bonds is 11. The molecule has 2 aliphatic heterocycles. The number of carbonyl (C=O) groups is 5. The molecule has 1 aromatic heterocycles. The van der Waals surface area contributed by atoms with Gasteiger partial charge in [-0.25, -0.2) is 14.3 Å². The van der Waals surface area contributed by atoms with Crippen molar-refractivity contribution in [3.8, 4) is 0 Å². The first-order chi connectivity index (χ1) is 21.7. The number of imide groups is 1. The van der Waals surface area contributed by atoms with Crippen LogP contribution in [0.5, 0.6) is 0 Å². The predicted molar refractivity (Wildman–Crippen MR) is 164 cm³/mol. The SMILES string of the molecule is CN(C(=O)CCc1ccccc1)C(=O)NC(C(=O)NC1C(=O)N2C(C(=O)O)=C(CSc3nnnn3C)CS[C@@H]12)c1ccccc1. The number of amides is 5. The second-order valence-electron chi connectivity index (χ2n) is 10.3. The number of β-lactam (4-membered cyclic amide) rings is 1. The van der Waals surface area contributed by atoms with Gasteiger partial charge in [0.25, 0.3) is 5.91 Å². The number of nitrogens with one attached hydrogen (secondary N) is 2. The molecule has 0 spiro atoms. The lowest BCUT2D eigenvalue weighted by Gasteiger charge is -2.49. The number of nitrogens with zero attached hydrogens (tertiary/aromatic N) is 6. The number of hydrogen-bond donors (Lipinski definition) is 3. The standard InChI is InChI=1S/C29H30N8O6S2/c1-35(20(38)14-13-17-9-5-3-6-10-17)28(43)31-21(18-11-7-4-8-12-18)24(39)30-22-25(40)37-23(27(41)42)19(15-44-26(22)37)16-45-29-32-33-34-36(29)2/h3-12,21-22,26H,13-16H2,1-2H3,(H,30,39)(H,31,43)(H,41,42)/t21?,22?,26-/m0/s1. The highest BCUT2D eigenvalue weighted by Gasteiger charge is 2.54. The van der Waals surface area contributed by atoms with Crippen molar-refractivity contribution in [2.45, 2.75) is 35.5 Å². The third-order valence-electron chi connectivity index (χ3n) is 7.32. The number of aromatic nitrogens is 4. The van der Waals surface area contributed by atoms with Crippen LogP contribution in [0.3, 0.4) is 0 Å². The van der Waals surface area contributed by atoms with E-state index < -0.39 is 47.2 Å². The molecule has 234 valence electrons. The number of carboxylic acids is 1. The number of hydrogen-bond acceptors (Lipinski definition) is 10. The number of aliphatic carboxylic acids is 1. The van der Waals surface area contributed by atoms with E-state index in [9.17, 15) is 29.1 Å². The maximum absolute atomic E-state index is 13.6. The Morgan fingerprint density at radius 3 is 2.44 bits per heavy atom. The normalized spacial score (nSPS) is 18.0. The second-order valence-corrected chi connectivity index (χ2v) is 12.3. The van der Waals surface area contributed by atoms with Gasteiger partial charge in [0.15, 0.2) is 0 Å². The molecule has 3 atom stereocenters. The maximum atomic E-state index is 13.6. The summed E-state index contributed by atoms with van der Waals surface area (Å²) in [6.07, 6.45) is 0.542. The number of benzene rings is 2. The number of tetrazole rings is 1. The summed E-state index contributed by atoms with van der Waals surface area (Å²) in [5.41, 5.74) is 1.80. The number of fused-ring (bicyclic) bond motifs is 1. The quantitative estimate of drug-likeness (QED) is 0.203. The molecule has 0 bridgehead atoms. The van der Waals surface area contributed by atoms with Crippen molar-refractivity contribution in [3.63, 3.8) is 0 Å². The molecule has 3 heterocycles. The van der Waals surface area contributed by atoms with E-state index in [1.54, 1.807) is 37.4 Å². The molecule has 1 saturated heterocycles. The first kappa shape index (κ1) is 31.7. The van der Waals surface area contributed by atoms with Gasteiger partial charge in [0.05, 0.1) is 0 Å². The van der Waals surface area contributed by atoms with Gasteiger partial charge in [-0.3, -0.25) is 24.2 Å². The number of carbonyl (C=O) groups excluding carboxylic acids is 4. The Labute approximate surface area is 266 Å². The van der Waals surface area contributed by atoms with Crippen LogP contribution in [-0.2, 0) is 32.6 Å². The number of urea groups is 1. The third kappa shape index (κ3) is 7.01. The van der Waals surface area contributed by atoms with Gasteiger partial charge in [-0.2, -0.15) is 0 Å². The fourth-order valence-corrected chi connectivity index (χ4v) is 7.20. The Hall–Kier alpha value is -4.70. The van der Waals surface area contributed by atoms with Crippen LogP contribution < -0.4 is 10.6 Å². The Kier molecular flexibility index (Phi) is 9.83. The van der Waals surface area contributed by atoms with Gasteiger partial charge in [0.1, 0.15) is 23.2 Å². The number of thioether (sulfide) groups is 2. The summed E-state index contributed by atoms with van der Waals surface area (Å²) < 4.78 is 1.46. The summed E-state index contributed by atoms with van der Waals surface area (Å²) in [6.45, 7) is 0. The molecule has 2 unspecified atom stereocenters. The van der Waals surface area contributed by atoms with Crippen molar-refractivity contribution in [1.29, 1.82) is 0 Å². The first-order valence-electron chi connectivity index (χ1n) is 13.9. The zero-order valence-electron chi connectivity index (χ0n) is 24.3. The Bertz CT molecular complexity index is 1630. The highest BCUT2D eigenvalue weighted by Crippen LogP contribution is 2.41. The molecule has 0 radical (unpaired) electrons. The maximum Gasteiger partial charge on any atom is 0.352 e. The van der Waals surface area contributed by atoms with Gasteiger partial charge < -0.3 is 15.7 Å². The van der Waals surface area contributed by atoms with Gasteiger partial charge in [-0.15, -0.1) is 16.9 Å². The van der Waals surface area contributed by atoms with Crippen molar-refractivity contribution in [2.75, 3.05) is 18.6 Å². The summed E-state index contributed by atoms with van der Waals surface area (Å²) in [4.78, 5) is 67.1. The molecule has 1 fully saturated rings. The van der Waals surface area contributed by atoms with Crippen LogP contribution in [-0.4, -0.2) is 94.8 Å². The van der Waals surface area contributed by atoms with Crippen LogP contribution in [0.2, 0.25) is 0 Å². The minimum Gasteiger partial charge on any atom is -0.477 e. The van der Waals surface area contributed by atoms with E-state index in [0.29, 0.717) is 28.5 Å². The summed E-state index contributed by atoms with van der Waals surface area (Å²) in [5, 5.41) is 26.4. The van der Waals surface area contributed by atoms with Crippen molar-refractivity contribution >= 4 is 53.2 Å². The first-order valence-corrected chi connectivity index (χ1v) is 15.9. The van der Waals surface area contributed by atoms with Gasteiger partial charge in [-0.1, -0.05) is 72.4 Å². The van der Waals surface area contributed by atoms with E-state index in [0.717, 1.165) is 10.5 Å². The molecule has 14 nitrogen and oxygen atoms in total. The number of carboxylic acid groups (broad SMARTS) is 1. The highest BCUT2D eigenvalue weighted by atomic mass is 32.2.